The zero-order chi connectivity index (χ0) is 13.9. The van der Waals surface area contributed by atoms with Crippen LogP contribution in [0.25, 0.3) is 0 Å². The highest BCUT2D eigenvalue weighted by Gasteiger charge is 2.28. The first-order valence-corrected chi connectivity index (χ1v) is 7.76. The Morgan fingerprint density at radius 1 is 1.35 bits per heavy atom. The first-order valence-electron chi connectivity index (χ1n) is 7.76. The van der Waals surface area contributed by atoms with Crippen molar-refractivity contribution in [3.63, 3.8) is 0 Å². The molecule has 0 aromatic carbocycles. The lowest BCUT2D eigenvalue weighted by molar-refractivity contribution is 0.0184. The summed E-state index contributed by atoms with van der Waals surface area (Å²) in [5, 5.41) is 7.80. The monoisotopic (exact) mass is 279 g/mol. The van der Waals surface area contributed by atoms with Crippen molar-refractivity contribution in [3.8, 4) is 5.75 Å². The van der Waals surface area contributed by atoms with Crippen molar-refractivity contribution in [2.24, 2.45) is 0 Å². The van der Waals surface area contributed by atoms with Crippen LogP contribution in [0.4, 0.5) is 0 Å². The molecule has 1 aliphatic carbocycles. The van der Waals surface area contributed by atoms with E-state index in [0.717, 1.165) is 31.2 Å². The van der Waals surface area contributed by atoms with E-state index in [-0.39, 0.29) is 6.10 Å². The third kappa shape index (κ3) is 3.73. The molecule has 1 aliphatic heterocycles. The van der Waals surface area contributed by atoms with Gasteiger partial charge in [0, 0.05) is 18.6 Å². The molecule has 0 radical (unpaired) electrons. The average Bonchev–Trinajstić information content (AvgIpc) is 2.96. The van der Waals surface area contributed by atoms with Gasteiger partial charge in [-0.15, -0.1) is 0 Å². The summed E-state index contributed by atoms with van der Waals surface area (Å²) in [5.41, 5.74) is 0. The summed E-state index contributed by atoms with van der Waals surface area (Å²) >= 11 is 0. The number of hydrogen-bond donors (Lipinski definition) is 1. The van der Waals surface area contributed by atoms with E-state index in [0.29, 0.717) is 18.8 Å². The molecule has 2 heterocycles. The lowest BCUT2D eigenvalue weighted by atomic mass is 10.2. The van der Waals surface area contributed by atoms with Crippen molar-refractivity contribution in [2.75, 3.05) is 13.2 Å². The van der Waals surface area contributed by atoms with Crippen LogP contribution < -0.4 is 10.1 Å². The summed E-state index contributed by atoms with van der Waals surface area (Å²) < 4.78 is 13.7. The molecule has 2 fully saturated rings. The first-order chi connectivity index (χ1) is 9.70. The molecule has 1 saturated heterocycles. The minimum atomic E-state index is 0.225. The van der Waals surface area contributed by atoms with Crippen LogP contribution in [-0.4, -0.2) is 41.2 Å². The van der Waals surface area contributed by atoms with E-state index in [9.17, 15) is 0 Å². The van der Waals surface area contributed by atoms with Crippen LogP contribution in [0, 0.1) is 0 Å². The molecule has 1 aromatic heterocycles. The fourth-order valence-electron chi connectivity index (χ4n) is 2.51. The smallest absolute Gasteiger partial charge is 0.157 e. The molecule has 112 valence electrons. The van der Waals surface area contributed by atoms with Gasteiger partial charge >= 0.3 is 0 Å². The van der Waals surface area contributed by atoms with Crippen molar-refractivity contribution in [1.82, 2.24) is 15.1 Å². The molecule has 5 heteroatoms. The lowest BCUT2D eigenvalue weighted by Gasteiger charge is -2.14. The number of nitrogens with zero attached hydrogens (tertiary/aromatic N) is 2. The maximum atomic E-state index is 6.00. The second kappa shape index (κ2) is 6.14. The number of aromatic nitrogens is 2. The maximum absolute atomic E-state index is 6.00. The summed E-state index contributed by atoms with van der Waals surface area (Å²) in [5.74, 6) is 0.835. The third-order valence-corrected chi connectivity index (χ3v) is 3.95. The molecule has 1 saturated carbocycles. The Kier molecular flexibility index (Phi) is 4.27. The van der Waals surface area contributed by atoms with Gasteiger partial charge in [-0.2, -0.15) is 5.10 Å². The molecule has 0 spiro atoms. The number of ether oxygens (including phenoxy) is 2. The van der Waals surface area contributed by atoms with E-state index < -0.39 is 0 Å². The quantitative estimate of drug-likeness (QED) is 0.831. The Bertz CT molecular complexity index is 429. The zero-order valence-corrected chi connectivity index (χ0v) is 12.4. The van der Waals surface area contributed by atoms with Crippen LogP contribution in [0.15, 0.2) is 12.4 Å². The van der Waals surface area contributed by atoms with E-state index in [4.69, 9.17) is 9.47 Å². The van der Waals surface area contributed by atoms with Crippen molar-refractivity contribution in [1.29, 1.82) is 0 Å². The van der Waals surface area contributed by atoms with Crippen molar-refractivity contribution >= 4 is 0 Å². The Morgan fingerprint density at radius 3 is 2.85 bits per heavy atom. The SMILES string of the molecule is CC(C)n1cc(OCC2CCC(CNC3CC3)O2)cn1. The second-order valence-electron chi connectivity index (χ2n) is 6.20. The van der Waals surface area contributed by atoms with Crippen LogP contribution in [0.2, 0.25) is 0 Å². The maximum Gasteiger partial charge on any atom is 0.157 e. The van der Waals surface area contributed by atoms with E-state index in [1.165, 1.54) is 12.8 Å². The van der Waals surface area contributed by atoms with Gasteiger partial charge in [0.2, 0.25) is 0 Å². The van der Waals surface area contributed by atoms with Crippen LogP contribution in [0.5, 0.6) is 5.75 Å². The van der Waals surface area contributed by atoms with Gasteiger partial charge in [0.25, 0.3) is 0 Å². The molecule has 0 amide bonds. The fourth-order valence-corrected chi connectivity index (χ4v) is 2.51. The predicted molar refractivity (Wildman–Crippen MR) is 77.0 cm³/mol. The molecular weight excluding hydrogens is 254 g/mol. The molecule has 1 aromatic rings. The number of nitrogens with one attached hydrogen (secondary N) is 1. The van der Waals surface area contributed by atoms with Gasteiger partial charge in [-0.25, -0.2) is 0 Å². The van der Waals surface area contributed by atoms with Crippen molar-refractivity contribution in [2.45, 2.75) is 63.8 Å². The first kappa shape index (κ1) is 13.9. The molecular formula is C15H25N3O2. The summed E-state index contributed by atoms with van der Waals surface area (Å²) in [6, 6.07) is 1.13. The van der Waals surface area contributed by atoms with Gasteiger partial charge in [0.05, 0.1) is 24.6 Å². The Balaban J connectivity index is 1.37. The zero-order valence-electron chi connectivity index (χ0n) is 12.4. The molecule has 1 N–H and O–H groups in total. The highest BCUT2D eigenvalue weighted by atomic mass is 16.5. The predicted octanol–water partition coefficient (Wildman–Crippen LogP) is 2.14. The van der Waals surface area contributed by atoms with Gasteiger partial charge in [0.15, 0.2) is 5.75 Å². The van der Waals surface area contributed by atoms with Crippen LogP contribution in [-0.2, 0) is 4.74 Å². The van der Waals surface area contributed by atoms with E-state index in [2.05, 4.69) is 24.3 Å². The van der Waals surface area contributed by atoms with Crippen molar-refractivity contribution < 1.29 is 9.47 Å². The molecule has 2 unspecified atom stereocenters. The summed E-state index contributed by atoms with van der Waals surface area (Å²) in [7, 11) is 0. The summed E-state index contributed by atoms with van der Waals surface area (Å²) in [4.78, 5) is 0. The van der Waals surface area contributed by atoms with Crippen molar-refractivity contribution in [3.05, 3.63) is 12.4 Å². The Morgan fingerprint density at radius 2 is 2.15 bits per heavy atom. The Hall–Kier alpha value is -1.07. The van der Waals surface area contributed by atoms with Gasteiger partial charge < -0.3 is 14.8 Å². The van der Waals surface area contributed by atoms with Gasteiger partial charge in [-0.1, -0.05) is 0 Å². The largest absolute Gasteiger partial charge is 0.488 e. The molecule has 20 heavy (non-hydrogen) atoms. The van der Waals surface area contributed by atoms with Gasteiger partial charge in [-0.05, 0) is 39.5 Å². The highest BCUT2D eigenvalue weighted by molar-refractivity contribution is 5.12. The minimum Gasteiger partial charge on any atom is -0.488 e. The normalized spacial score (nSPS) is 26.4. The number of hydrogen-bond acceptors (Lipinski definition) is 4. The average molecular weight is 279 g/mol. The third-order valence-electron chi connectivity index (χ3n) is 3.95. The standard InChI is InChI=1S/C15H25N3O2/c1-11(2)18-9-15(8-17-18)19-10-14-6-5-13(20-14)7-16-12-3-4-12/h8-9,11-14,16H,3-7,10H2,1-2H3. The summed E-state index contributed by atoms with van der Waals surface area (Å²) in [6.45, 7) is 5.83. The molecule has 5 nitrogen and oxygen atoms in total. The molecule has 3 rings (SSSR count). The van der Waals surface area contributed by atoms with Gasteiger partial charge in [0.1, 0.15) is 6.61 Å². The fraction of sp³-hybridized carbons (Fsp3) is 0.800. The topological polar surface area (TPSA) is 48.3 Å². The molecule has 2 atom stereocenters. The van der Waals surface area contributed by atoms with E-state index in [1.54, 1.807) is 6.20 Å². The second-order valence-corrected chi connectivity index (χ2v) is 6.20. The lowest BCUT2D eigenvalue weighted by Crippen LogP contribution is -2.29. The van der Waals surface area contributed by atoms with Crippen LogP contribution in [0.1, 0.15) is 45.6 Å². The Labute approximate surface area is 120 Å². The van der Waals surface area contributed by atoms with Crippen LogP contribution in [0.3, 0.4) is 0 Å². The summed E-state index contributed by atoms with van der Waals surface area (Å²) in [6.07, 6.45) is 9.21. The van der Waals surface area contributed by atoms with E-state index >= 15 is 0 Å². The molecule has 2 aliphatic rings. The van der Waals surface area contributed by atoms with Crippen LogP contribution >= 0.6 is 0 Å². The minimum absolute atomic E-state index is 0.225. The number of rotatable bonds is 7. The highest BCUT2D eigenvalue weighted by Crippen LogP contribution is 2.23. The van der Waals surface area contributed by atoms with E-state index in [1.807, 2.05) is 10.9 Å². The molecule has 0 bridgehead atoms. The van der Waals surface area contributed by atoms with Gasteiger partial charge in [-0.3, -0.25) is 4.68 Å².